The van der Waals surface area contributed by atoms with Crippen molar-refractivity contribution in [1.82, 2.24) is 5.32 Å². The first-order chi connectivity index (χ1) is 7.51. The lowest BCUT2D eigenvalue weighted by atomic mass is 9.94. The minimum absolute atomic E-state index is 0.432. The average molecular weight is 223 g/mol. The van der Waals surface area contributed by atoms with Crippen LogP contribution in [0.1, 0.15) is 34.6 Å². The smallest absolute Gasteiger partial charge is 0.412 e. The summed E-state index contributed by atoms with van der Waals surface area (Å²) in [7, 11) is 0. The van der Waals surface area contributed by atoms with Gasteiger partial charge in [0.1, 0.15) is 5.60 Å². The maximum absolute atomic E-state index is 11.2. The number of ether oxygens (including phenoxy) is 1. The summed E-state index contributed by atoms with van der Waals surface area (Å²) < 4.78 is 5.16. The van der Waals surface area contributed by atoms with Crippen molar-refractivity contribution in [2.24, 2.45) is 0 Å². The molecule has 3 nitrogen and oxygen atoms in total. The molecular formula is C13H21NO2. The third kappa shape index (κ3) is 3.26. The van der Waals surface area contributed by atoms with E-state index in [1.54, 1.807) is 6.08 Å². The summed E-state index contributed by atoms with van der Waals surface area (Å²) in [6.07, 6.45) is 5.01. The molecule has 0 aliphatic carbocycles. The van der Waals surface area contributed by atoms with Gasteiger partial charge in [-0.05, 0) is 26.8 Å². The second-order valence-corrected chi connectivity index (χ2v) is 3.56. The van der Waals surface area contributed by atoms with Gasteiger partial charge < -0.3 is 4.74 Å². The highest BCUT2D eigenvalue weighted by Crippen LogP contribution is 2.28. The van der Waals surface area contributed by atoms with E-state index in [0.717, 1.165) is 5.57 Å². The van der Waals surface area contributed by atoms with Gasteiger partial charge in [0.2, 0.25) is 0 Å². The van der Waals surface area contributed by atoms with E-state index in [9.17, 15) is 4.79 Å². The van der Waals surface area contributed by atoms with Crippen molar-refractivity contribution >= 4 is 6.09 Å². The Labute approximate surface area is 97.9 Å². The van der Waals surface area contributed by atoms with Crippen LogP contribution >= 0.6 is 0 Å². The average Bonchev–Trinajstić information content (AvgIpc) is 2.24. The Hall–Kier alpha value is -1.51. The van der Waals surface area contributed by atoms with E-state index in [1.807, 2.05) is 46.8 Å². The van der Waals surface area contributed by atoms with Crippen molar-refractivity contribution in [3.63, 3.8) is 0 Å². The lowest BCUT2D eigenvalue weighted by Gasteiger charge is -2.32. The molecule has 0 unspecified atom stereocenters. The molecule has 0 aromatic heterocycles. The summed E-state index contributed by atoms with van der Waals surface area (Å²) in [4.78, 5) is 11.2. The minimum Gasteiger partial charge on any atom is -0.438 e. The topological polar surface area (TPSA) is 38.3 Å². The van der Waals surface area contributed by atoms with Crippen molar-refractivity contribution in [3.05, 3.63) is 36.1 Å². The quantitative estimate of drug-likeness (QED) is 0.777. The van der Waals surface area contributed by atoms with Gasteiger partial charge >= 0.3 is 6.09 Å². The van der Waals surface area contributed by atoms with Gasteiger partial charge in [-0.25, -0.2) is 4.79 Å². The molecule has 1 rings (SSSR count). The number of alkyl carbamates (subject to hydrolysis) is 1. The highest BCUT2D eigenvalue weighted by Gasteiger charge is 2.33. The first-order valence-electron chi connectivity index (χ1n) is 5.51. The molecule has 0 radical (unpaired) electrons. The van der Waals surface area contributed by atoms with Crippen LogP contribution in [0.25, 0.3) is 0 Å². The highest BCUT2D eigenvalue weighted by molar-refractivity contribution is 5.74. The van der Waals surface area contributed by atoms with E-state index < -0.39 is 11.7 Å². The fraction of sp³-hybridized carbons (Fsp3) is 0.462. The van der Waals surface area contributed by atoms with Gasteiger partial charge in [-0.1, -0.05) is 32.6 Å². The van der Waals surface area contributed by atoms with Crippen LogP contribution in [-0.4, -0.2) is 11.7 Å². The van der Waals surface area contributed by atoms with Crippen molar-refractivity contribution in [3.8, 4) is 0 Å². The first kappa shape index (κ1) is 14.5. The number of carbonyl (C=O) groups is 1. The van der Waals surface area contributed by atoms with Crippen LogP contribution in [-0.2, 0) is 4.74 Å². The second-order valence-electron chi connectivity index (χ2n) is 3.56. The molecule has 3 heteroatoms. The van der Waals surface area contributed by atoms with E-state index in [-0.39, 0.29) is 0 Å². The number of cyclic esters (lactones) is 1. The van der Waals surface area contributed by atoms with Crippen molar-refractivity contribution in [2.75, 3.05) is 0 Å². The zero-order valence-corrected chi connectivity index (χ0v) is 10.8. The molecule has 0 aromatic rings. The highest BCUT2D eigenvalue weighted by atomic mass is 16.6. The minimum atomic E-state index is -0.599. The Morgan fingerprint density at radius 1 is 1.38 bits per heavy atom. The predicted octanol–water partition coefficient (Wildman–Crippen LogP) is 3.55. The maximum Gasteiger partial charge on any atom is 0.412 e. The number of hydrogen-bond donors (Lipinski definition) is 1. The zero-order chi connectivity index (χ0) is 12.8. The van der Waals surface area contributed by atoms with E-state index in [4.69, 9.17) is 4.74 Å². The fourth-order valence-electron chi connectivity index (χ4n) is 1.43. The largest absolute Gasteiger partial charge is 0.438 e. The number of allylic oxidation sites excluding steroid dienone is 2. The van der Waals surface area contributed by atoms with Gasteiger partial charge in [0.15, 0.2) is 0 Å². The van der Waals surface area contributed by atoms with E-state index in [2.05, 4.69) is 11.9 Å². The van der Waals surface area contributed by atoms with Crippen molar-refractivity contribution in [2.45, 2.75) is 40.2 Å². The third-order valence-electron chi connectivity index (χ3n) is 2.06. The number of rotatable bonds is 2. The normalized spacial score (nSPS) is 18.4. The Morgan fingerprint density at radius 2 is 1.94 bits per heavy atom. The summed E-state index contributed by atoms with van der Waals surface area (Å²) in [5.41, 5.74) is 1.04. The fourth-order valence-corrected chi connectivity index (χ4v) is 1.43. The summed E-state index contributed by atoms with van der Waals surface area (Å²) in [5.74, 6) is 0. The Bertz CT molecular complexity index is 325. The molecule has 0 saturated heterocycles. The maximum atomic E-state index is 11.2. The number of carbonyl (C=O) groups excluding carboxylic acids is 1. The van der Waals surface area contributed by atoms with Crippen LogP contribution in [0.5, 0.6) is 0 Å². The summed E-state index contributed by atoms with van der Waals surface area (Å²) >= 11 is 0. The molecule has 1 N–H and O–H groups in total. The van der Waals surface area contributed by atoms with Gasteiger partial charge in [0.05, 0.1) is 5.70 Å². The van der Waals surface area contributed by atoms with E-state index >= 15 is 0 Å². The molecule has 0 spiro atoms. The summed E-state index contributed by atoms with van der Waals surface area (Å²) in [5, 5.41) is 2.61. The Morgan fingerprint density at radius 3 is 2.38 bits per heavy atom. The molecule has 0 bridgehead atoms. The van der Waals surface area contributed by atoms with Crippen LogP contribution in [0.3, 0.4) is 0 Å². The second kappa shape index (κ2) is 6.16. The zero-order valence-electron chi connectivity index (χ0n) is 10.8. The van der Waals surface area contributed by atoms with E-state index in [1.165, 1.54) is 0 Å². The molecule has 1 amide bonds. The SMILES string of the molecule is C=CC1=C(/C=C\C)C(C)(C)OC(=O)N1.CC. The molecule has 1 aliphatic heterocycles. The molecular weight excluding hydrogens is 202 g/mol. The standard InChI is InChI=1S/C11H15NO2.C2H6/c1-5-7-8-9(6-2)12-10(13)14-11(8,3)4;1-2/h5-7H,2H2,1,3-4H3,(H,12,13);1-2H3/b7-5-;. The number of nitrogens with one attached hydrogen (secondary N) is 1. The predicted molar refractivity (Wildman–Crippen MR) is 67.1 cm³/mol. The van der Waals surface area contributed by atoms with Crippen LogP contribution in [0.2, 0.25) is 0 Å². The van der Waals surface area contributed by atoms with Crippen LogP contribution in [0.4, 0.5) is 4.79 Å². The molecule has 0 fully saturated rings. The monoisotopic (exact) mass is 223 g/mol. The molecule has 0 atom stereocenters. The molecule has 0 aromatic carbocycles. The van der Waals surface area contributed by atoms with Crippen molar-refractivity contribution in [1.29, 1.82) is 0 Å². The Kier molecular flexibility index (Phi) is 5.57. The van der Waals surface area contributed by atoms with Gasteiger partial charge in [-0.3, -0.25) is 5.32 Å². The number of hydrogen-bond acceptors (Lipinski definition) is 2. The summed E-state index contributed by atoms with van der Waals surface area (Å²) in [6.45, 7) is 13.3. The molecule has 1 aliphatic rings. The van der Waals surface area contributed by atoms with E-state index in [0.29, 0.717) is 5.70 Å². The summed E-state index contributed by atoms with van der Waals surface area (Å²) in [6, 6.07) is 0. The number of amides is 1. The van der Waals surface area contributed by atoms with Crippen LogP contribution < -0.4 is 5.32 Å². The van der Waals surface area contributed by atoms with Gasteiger partial charge in [0.25, 0.3) is 0 Å². The van der Waals surface area contributed by atoms with Gasteiger partial charge in [-0.2, -0.15) is 0 Å². The molecule has 0 saturated carbocycles. The third-order valence-corrected chi connectivity index (χ3v) is 2.06. The molecule has 90 valence electrons. The molecule has 1 heterocycles. The van der Waals surface area contributed by atoms with Crippen LogP contribution in [0.15, 0.2) is 36.1 Å². The molecule has 16 heavy (non-hydrogen) atoms. The van der Waals surface area contributed by atoms with Gasteiger partial charge in [0, 0.05) is 5.57 Å². The first-order valence-corrected chi connectivity index (χ1v) is 5.51. The lowest BCUT2D eigenvalue weighted by Crippen LogP contribution is -2.42. The Balaban J connectivity index is 0.00000106. The van der Waals surface area contributed by atoms with Crippen LogP contribution in [0, 0.1) is 0 Å². The van der Waals surface area contributed by atoms with Gasteiger partial charge in [-0.15, -0.1) is 0 Å². The van der Waals surface area contributed by atoms with Crippen molar-refractivity contribution < 1.29 is 9.53 Å². The lowest BCUT2D eigenvalue weighted by molar-refractivity contribution is 0.0600.